The van der Waals surface area contributed by atoms with Crippen molar-refractivity contribution in [2.45, 2.75) is 0 Å². The molecule has 0 bridgehead atoms. The molecule has 0 saturated carbocycles. The first-order chi connectivity index (χ1) is 14.9. The molecule has 0 rings (SSSR count). The van der Waals surface area contributed by atoms with Crippen LogP contribution in [0, 0.1) is 0 Å². The Morgan fingerprint density at radius 1 is 0.531 bits per heavy atom. The standard InChI is InChI=1S/C16H28N6O10/c17-5-11(23)18-19-12(24)6-20(1-3-21(7-13(25)26)8-14(27)28)2-4-22(9-15(29)30)10-16(31)32/h1-10,17H2,(H,18,23)(H,19,24)(H,25,26)(H,27,28)(H,29,30)(H,31,32). The minimum absolute atomic E-state index is 0.00714. The number of carboxylic acids is 4. The van der Waals surface area contributed by atoms with Gasteiger partial charge in [0.1, 0.15) is 0 Å². The largest absolute Gasteiger partial charge is 0.480 e. The van der Waals surface area contributed by atoms with E-state index in [9.17, 15) is 28.8 Å². The molecule has 0 aliphatic heterocycles. The van der Waals surface area contributed by atoms with Gasteiger partial charge in [-0.25, -0.2) is 0 Å². The first-order valence-corrected chi connectivity index (χ1v) is 9.24. The van der Waals surface area contributed by atoms with E-state index in [1.165, 1.54) is 4.90 Å². The van der Waals surface area contributed by atoms with Crippen molar-refractivity contribution in [1.82, 2.24) is 25.6 Å². The second kappa shape index (κ2) is 15.5. The van der Waals surface area contributed by atoms with E-state index in [0.29, 0.717) is 0 Å². The number of rotatable bonds is 17. The number of amides is 2. The second-order valence-corrected chi connectivity index (χ2v) is 6.57. The maximum Gasteiger partial charge on any atom is 0.317 e. The first-order valence-electron chi connectivity index (χ1n) is 9.24. The molecule has 16 nitrogen and oxygen atoms in total. The number of hydrazine groups is 1. The van der Waals surface area contributed by atoms with E-state index in [4.69, 9.17) is 26.2 Å². The molecule has 0 atom stereocenters. The molecule has 0 aliphatic carbocycles. The third kappa shape index (κ3) is 15.5. The number of carbonyl (C=O) groups is 6. The highest BCUT2D eigenvalue weighted by molar-refractivity contribution is 5.83. The smallest absolute Gasteiger partial charge is 0.317 e. The van der Waals surface area contributed by atoms with Gasteiger partial charge in [-0.1, -0.05) is 0 Å². The summed E-state index contributed by atoms with van der Waals surface area (Å²) >= 11 is 0. The van der Waals surface area contributed by atoms with E-state index in [0.717, 1.165) is 9.80 Å². The summed E-state index contributed by atoms with van der Waals surface area (Å²) in [7, 11) is 0. The third-order valence-corrected chi connectivity index (χ3v) is 3.79. The van der Waals surface area contributed by atoms with E-state index in [2.05, 4.69) is 5.43 Å². The average Bonchev–Trinajstić information content (AvgIpc) is 2.65. The number of nitrogens with two attached hydrogens (primary N) is 1. The van der Waals surface area contributed by atoms with Gasteiger partial charge in [-0.3, -0.25) is 54.3 Å². The van der Waals surface area contributed by atoms with Crippen LogP contribution in [0.4, 0.5) is 0 Å². The molecule has 16 heteroatoms. The van der Waals surface area contributed by atoms with Gasteiger partial charge in [-0.05, 0) is 0 Å². The SMILES string of the molecule is NCC(=O)NNC(=O)CN(CCN(CC(=O)O)CC(=O)O)CCN(CC(=O)O)CC(=O)O. The van der Waals surface area contributed by atoms with E-state index in [-0.39, 0.29) is 39.3 Å². The zero-order valence-electron chi connectivity index (χ0n) is 17.2. The van der Waals surface area contributed by atoms with E-state index in [1.807, 2.05) is 5.43 Å². The number of hydrogen-bond acceptors (Lipinski definition) is 10. The molecule has 0 aromatic heterocycles. The number of carbonyl (C=O) groups excluding carboxylic acids is 2. The van der Waals surface area contributed by atoms with Crippen molar-refractivity contribution in [3.63, 3.8) is 0 Å². The highest BCUT2D eigenvalue weighted by Gasteiger charge is 2.19. The van der Waals surface area contributed by atoms with E-state index < -0.39 is 61.9 Å². The Balaban J connectivity index is 5.16. The molecule has 0 fully saturated rings. The maximum absolute atomic E-state index is 12.1. The van der Waals surface area contributed by atoms with E-state index in [1.54, 1.807) is 0 Å². The fourth-order valence-corrected chi connectivity index (χ4v) is 2.46. The molecule has 0 aromatic carbocycles. The molecular formula is C16H28N6O10. The van der Waals surface area contributed by atoms with Crippen LogP contribution >= 0.6 is 0 Å². The summed E-state index contributed by atoms with van der Waals surface area (Å²) in [6, 6.07) is 0. The van der Waals surface area contributed by atoms with Crippen molar-refractivity contribution in [2.75, 3.05) is 65.4 Å². The van der Waals surface area contributed by atoms with Gasteiger partial charge in [0.2, 0.25) is 0 Å². The molecule has 8 N–H and O–H groups in total. The quantitative estimate of drug-likeness (QED) is 0.100. The van der Waals surface area contributed by atoms with Gasteiger partial charge in [0.25, 0.3) is 11.8 Å². The minimum Gasteiger partial charge on any atom is -0.480 e. The van der Waals surface area contributed by atoms with Crippen LogP contribution in [-0.4, -0.2) is 136 Å². The zero-order valence-corrected chi connectivity index (χ0v) is 17.2. The van der Waals surface area contributed by atoms with Crippen LogP contribution in [0.1, 0.15) is 0 Å². The molecule has 0 saturated heterocycles. The Morgan fingerprint density at radius 2 is 0.844 bits per heavy atom. The monoisotopic (exact) mass is 464 g/mol. The summed E-state index contributed by atoms with van der Waals surface area (Å²) in [6.07, 6.45) is 0. The second-order valence-electron chi connectivity index (χ2n) is 6.57. The highest BCUT2D eigenvalue weighted by Crippen LogP contribution is 1.97. The Hall–Kier alpha value is -3.34. The summed E-state index contributed by atoms with van der Waals surface area (Å²) in [6.45, 7) is -3.13. The highest BCUT2D eigenvalue weighted by atomic mass is 16.4. The Labute approximate surface area is 182 Å². The zero-order chi connectivity index (χ0) is 24.7. The lowest BCUT2D eigenvalue weighted by Crippen LogP contribution is -2.50. The Bertz CT molecular complexity index is 616. The third-order valence-electron chi connectivity index (χ3n) is 3.79. The van der Waals surface area contributed by atoms with Crippen molar-refractivity contribution < 1.29 is 49.2 Å². The van der Waals surface area contributed by atoms with Crippen molar-refractivity contribution in [2.24, 2.45) is 5.73 Å². The molecule has 0 heterocycles. The number of aliphatic carboxylic acids is 4. The lowest BCUT2D eigenvalue weighted by Gasteiger charge is -2.28. The molecule has 0 unspecified atom stereocenters. The van der Waals surface area contributed by atoms with Gasteiger partial charge in [0.05, 0.1) is 39.3 Å². The number of nitrogens with zero attached hydrogens (tertiary/aromatic N) is 3. The van der Waals surface area contributed by atoms with Crippen molar-refractivity contribution in [3.8, 4) is 0 Å². The molecule has 0 aliphatic rings. The Morgan fingerprint density at radius 3 is 1.16 bits per heavy atom. The van der Waals surface area contributed by atoms with Crippen LogP contribution in [0.2, 0.25) is 0 Å². The minimum atomic E-state index is -1.26. The number of hydrogen-bond donors (Lipinski definition) is 7. The number of nitrogens with one attached hydrogen (secondary N) is 2. The molecule has 0 spiro atoms. The van der Waals surface area contributed by atoms with Gasteiger partial charge in [-0.15, -0.1) is 0 Å². The number of carboxylic acid groups (broad SMARTS) is 4. The van der Waals surface area contributed by atoms with Gasteiger partial charge in [0, 0.05) is 26.2 Å². The summed E-state index contributed by atoms with van der Waals surface area (Å²) in [5.74, 6) is -6.36. The summed E-state index contributed by atoms with van der Waals surface area (Å²) in [4.78, 5) is 70.6. The summed E-state index contributed by atoms with van der Waals surface area (Å²) in [5.41, 5.74) is 9.26. The molecule has 0 aromatic rings. The predicted octanol–water partition coefficient (Wildman–Crippen LogP) is -4.66. The predicted molar refractivity (Wildman–Crippen MR) is 105 cm³/mol. The van der Waals surface area contributed by atoms with Crippen LogP contribution in [0.25, 0.3) is 0 Å². The Kier molecular flexibility index (Phi) is 13.8. The van der Waals surface area contributed by atoms with Gasteiger partial charge in [-0.2, -0.15) is 0 Å². The molecule has 182 valence electrons. The molecule has 32 heavy (non-hydrogen) atoms. The van der Waals surface area contributed by atoms with Gasteiger partial charge < -0.3 is 26.2 Å². The average molecular weight is 464 g/mol. The summed E-state index contributed by atoms with van der Waals surface area (Å²) < 4.78 is 0. The van der Waals surface area contributed by atoms with Crippen LogP contribution in [0.5, 0.6) is 0 Å². The van der Waals surface area contributed by atoms with Crippen LogP contribution in [0.3, 0.4) is 0 Å². The van der Waals surface area contributed by atoms with Crippen LogP contribution in [0.15, 0.2) is 0 Å². The normalized spacial score (nSPS) is 10.9. The van der Waals surface area contributed by atoms with E-state index >= 15 is 0 Å². The lowest BCUT2D eigenvalue weighted by molar-refractivity contribution is -0.143. The maximum atomic E-state index is 12.1. The fraction of sp³-hybridized carbons (Fsp3) is 0.625. The van der Waals surface area contributed by atoms with Crippen molar-refractivity contribution >= 4 is 35.7 Å². The van der Waals surface area contributed by atoms with Gasteiger partial charge >= 0.3 is 23.9 Å². The van der Waals surface area contributed by atoms with Crippen LogP contribution < -0.4 is 16.6 Å². The van der Waals surface area contributed by atoms with Gasteiger partial charge in [0.15, 0.2) is 0 Å². The van der Waals surface area contributed by atoms with Crippen molar-refractivity contribution in [1.29, 1.82) is 0 Å². The van der Waals surface area contributed by atoms with Crippen molar-refractivity contribution in [3.05, 3.63) is 0 Å². The molecule has 0 radical (unpaired) electrons. The lowest BCUT2D eigenvalue weighted by atomic mass is 10.3. The topological polar surface area (TPSA) is 243 Å². The first kappa shape index (κ1) is 28.7. The van der Waals surface area contributed by atoms with Crippen LogP contribution in [-0.2, 0) is 28.8 Å². The molecule has 2 amide bonds. The molecular weight excluding hydrogens is 436 g/mol. The fourth-order valence-electron chi connectivity index (χ4n) is 2.46. The summed E-state index contributed by atoms with van der Waals surface area (Å²) in [5, 5.41) is 35.7.